The van der Waals surface area contributed by atoms with Gasteiger partial charge >= 0.3 is 0 Å². The molecule has 0 atom stereocenters. The van der Waals surface area contributed by atoms with Gasteiger partial charge in [0.15, 0.2) is 0 Å². The van der Waals surface area contributed by atoms with Crippen molar-refractivity contribution in [2.75, 3.05) is 6.61 Å². The molecular formula is C15H20N2O2. The van der Waals surface area contributed by atoms with Crippen LogP contribution in [0.5, 0.6) is 5.75 Å². The molecule has 102 valence electrons. The van der Waals surface area contributed by atoms with Gasteiger partial charge in [-0.3, -0.25) is 4.79 Å². The topological polar surface area (TPSA) is 54.1 Å². The highest BCUT2D eigenvalue weighted by Gasteiger charge is 2.12. The second-order valence-corrected chi connectivity index (χ2v) is 4.88. The molecule has 0 saturated carbocycles. The molecule has 4 heteroatoms. The highest BCUT2D eigenvalue weighted by atomic mass is 16.5. The minimum absolute atomic E-state index is 0.0901. The van der Waals surface area contributed by atoms with Crippen LogP contribution >= 0.6 is 0 Å². The number of ether oxygens (including phenoxy) is 1. The van der Waals surface area contributed by atoms with E-state index in [0.717, 1.165) is 23.1 Å². The average molecular weight is 260 g/mol. The molecule has 2 rings (SSSR count). The van der Waals surface area contributed by atoms with Crippen LogP contribution in [0.2, 0.25) is 0 Å². The van der Waals surface area contributed by atoms with Gasteiger partial charge in [0, 0.05) is 16.9 Å². The largest absolute Gasteiger partial charge is 0.493 e. The predicted molar refractivity (Wildman–Crippen MR) is 76.7 cm³/mol. The molecular weight excluding hydrogens is 240 g/mol. The van der Waals surface area contributed by atoms with Crippen LogP contribution in [0.4, 0.5) is 0 Å². The Hall–Kier alpha value is -1.97. The van der Waals surface area contributed by atoms with E-state index in [1.165, 1.54) is 0 Å². The van der Waals surface area contributed by atoms with Crippen LogP contribution in [0.1, 0.15) is 37.7 Å². The van der Waals surface area contributed by atoms with E-state index in [2.05, 4.69) is 17.2 Å². The standard InChI is InChI=1S/C15H20N2O2/c1-4-8-19-14-7-5-6-12-11(14)9-13(17-12)15(18)16-10(2)3/h5-7,9-10,17H,4,8H2,1-3H3,(H,16,18). The van der Waals surface area contributed by atoms with Gasteiger partial charge in [-0.1, -0.05) is 13.0 Å². The summed E-state index contributed by atoms with van der Waals surface area (Å²) < 4.78 is 5.69. The maximum atomic E-state index is 12.0. The zero-order valence-electron chi connectivity index (χ0n) is 11.6. The van der Waals surface area contributed by atoms with Crippen molar-refractivity contribution in [3.63, 3.8) is 0 Å². The van der Waals surface area contributed by atoms with Gasteiger partial charge in [0.05, 0.1) is 6.61 Å². The Balaban J connectivity index is 2.31. The lowest BCUT2D eigenvalue weighted by Gasteiger charge is -2.05. The molecule has 19 heavy (non-hydrogen) atoms. The number of rotatable bonds is 5. The first-order valence-corrected chi connectivity index (χ1v) is 6.67. The number of carbonyl (C=O) groups is 1. The summed E-state index contributed by atoms with van der Waals surface area (Å²) in [6, 6.07) is 7.76. The first-order chi connectivity index (χ1) is 9.11. The Morgan fingerprint density at radius 3 is 2.89 bits per heavy atom. The monoisotopic (exact) mass is 260 g/mol. The average Bonchev–Trinajstić information content (AvgIpc) is 2.80. The second-order valence-electron chi connectivity index (χ2n) is 4.88. The highest BCUT2D eigenvalue weighted by molar-refractivity contribution is 5.99. The molecule has 0 saturated heterocycles. The summed E-state index contributed by atoms with van der Waals surface area (Å²) in [5.74, 6) is 0.729. The number of hydrogen-bond donors (Lipinski definition) is 2. The van der Waals surface area contributed by atoms with Crippen LogP contribution in [-0.4, -0.2) is 23.5 Å². The van der Waals surface area contributed by atoms with E-state index in [4.69, 9.17) is 4.74 Å². The van der Waals surface area contributed by atoms with Crippen molar-refractivity contribution in [2.24, 2.45) is 0 Å². The van der Waals surface area contributed by atoms with E-state index in [1.54, 1.807) is 0 Å². The molecule has 2 aromatic rings. The minimum atomic E-state index is -0.0901. The molecule has 0 bridgehead atoms. The Morgan fingerprint density at radius 2 is 2.21 bits per heavy atom. The quantitative estimate of drug-likeness (QED) is 0.868. The molecule has 1 aromatic heterocycles. The zero-order valence-corrected chi connectivity index (χ0v) is 11.6. The van der Waals surface area contributed by atoms with Crippen LogP contribution < -0.4 is 10.1 Å². The van der Waals surface area contributed by atoms with E-state index >= 15 is 0 Å². The van der Waals surface area contributed by atoms with Gasteiger partial charge in [0.2, 0.25) is 0 Å². The van der Waals surface area contributed by atoms with Crippen LogP contribution in [-0.2, 0) is 0 Å². The number of carbonyl (C=O) groups excluding carboxylic acids is 1. The van der Waals surface area contributed by atoms with Crippen LogP contribution in [0, 0.1) is 0 Å². The lowest BCUT2D eigenvalue weighted by molar-refractivity contribution is 0.0939. The Bertz CT molecular complexity index is 573. The summed E-state index contributed by atoms with van der Waals surface area (Å²) in [5.41, 5.74) is 1.48. The zero-order chi connectivity index (χ0) is 13.8. The minimum Gasteiger partial charge on any atom is -0.493 e. The summed E-state index contributed by atoms with van der Waals surface area (Å²) in [6.07, 6.45) is 0.960. The summed E-state index contributed by atoms with van der Waals surface area (Å²) in [6.45, 7) is 6.63. The summed E-state index contributed by atoms with van der Waals surface area (Å²) >= 11 is 0. The molecule has 0 fully saturated rings. The third kappa shape index (κ3) is 3.08. The Morgan fingerprint density at radius 1 is 1.42 bits per heavy atom. The van der Waals surface area contributed by atoms with E-state index in [-0.39, 0.29) is 11.9 Å². The Kier molecular flexibility index (Phi) is 4.10. The third-order valence-electron chi connectivity index (χ3n) is 2.75. The van der Waals surface area contributed by atoms with E-state index in [9.17, 15) is 4.79 Å². The molecule has 0 spiro atoms. The molecule has 1 amide bonds. The summed E-state index contributed by atoms with van der Waals surface area (Å²) in [4.78, 5) is 15.1. The lowest BCUT2D eigenvalue weighted by Crippen LogP contribution is -2.30. The van der Waals surface area contributed by atoms with Crippen LogP contribution in [0.3, 0.4) is 0 Å². The van der Waals surface area contributed by atoms with Crippen molar-refractivity contribution >= 4 is 16.8 Å². The van der Waals surface area contributed by atoms with Crippen molar-refractivity contribution in [3.8, 4) is 5.75 Å². The number of H-pyrrole nitrogens is 1. The molecule has 2 N–H and O–H groups in total. The first kappa shape index (κ1) is 13.5. The molecule has 1 heterocycles. The maximum Gasteiger partial charge on any atom is 0.267 e. The Labute approximate surface area is 113 Å². The fourth-order valence-electron chi connectivity index (χ4n) is 1.93. The highest BCUT2D eigenvalue weighted by Crippen LogP contribution is 2.26. The molecule has 0 radical (unpaired) electrons. The predicted octanol–water partition coefficient (Wildman–Crippen LogP) is 3.09. The summed E-state index contributed by atoms with van der Waals surface area (Å²) in [7, 11) is 0. The van der Waals surface area contributed by atoms with Gasteiger partial charge in [-0.2, -0.15) is 0 Å². The molecule has 1 aromatic carbocycles. The van der Waals surface area contributed by atoms with Gasteiger partial charge in [-0.25, -0.2) is 0 Å². The number of fused-ring (bicyclic) bond motifs is 1. The van der Waals surface area contributed by atoms with Crippen molar-refractivity contribution in [1.82, 2.24) is 10.3 Å². The van der Waals surface area contributed by atoms with Gasteiger partial charge in [-0.05, 0) is 38.5 Å². The smallest absolute Gasteiger partial charge is 0.267 e. The first-order valence-electron chi connectivity index (χ1n) is 6.67. The van der Waals surface area contributed by atoms with E-state index in [0.29, 0.717) is 12.3 Å². The van der Waals surface area contributed by atoms with Gasteiger partial charge < -0.3 is 15.0 Å². The SMILES string of the molecule is CCCOc1cccc2[nH]c(C(=O)NC(C)C)cc12. The number of amides is 1. The molecule has 4 nitrogen and oxygen atoms in total. The van der Waals surface area contributed by atoms with Crippen molar-refractivity contribution in [1.29, 1.82) is 0 Å². The normalized spacial score (nSPS) is 10.9. The molecule has 0 unspecified atom stereocenters. The number of aromatic nitrogens is 1. The van der Waals surface area contributed by atoms with Gasteiger partial charge in [0.1, 0.15) is 11.4 Å². The third-order valence-corrected chi connectivity index (χ3v) is 2.75. The van der Waals surface area contributed by atoms with Gasteiger partial charge in [-0.15, -0.1) is 0 Å². The van der Waals surface area contributed by atoms with Crippen molar-refractivity contribution in [3.05, 3.63) is 30.0 Å². The van der Waals surface area contributed by atoms with E-state index < -0.39 is 0 Å². The fraction of sp³-hybridized carbons (Fsp3) is 0.400. The van der Waals surface area contributed by atoms with Crippen molar-refractivity contribution in [2.45, 2.75) is 33.2 Å². The fourth-order valence-corrected chi connectivity index (χ4v) is 1.93. The van der Waals surface area contributed by atoms with Crippen LogP contribution in [0.15, 0.2) is 24.3 Å². The number of nitrogens with one attached hydrogen (secondary N) is 2. The lowest BCUT2D eigenvalue weighted by atomic mass is 10.2. The van der Waals surface area contributed by atoms with Gasteiger partial charge in [0.25, 0.3) is 5.91 Å². The number of aromatic amines is 1. The molecule has 0 aliphatic heterocycles. The summed E-state index contributed by atoms with van der Waals surface area (Å²) in [5, 5.41) is 3.82. The molecule has 0 aliphatic carbocycles. The number of benzene rings is 1. The van der Waals surface area contributed by atoms with Crippen LogP contribution in [0.25, 0.3) is 10.9 Å². The molecule has 0 aliphatic rings. The second kappa shape index (κ2) is 5.78. The number of hydrogen-bond acceptors (Lipinski definition) is 2. The van der Waals surface area contributed by atoms with E-state index in [1.807, 2.05) is 38.1 Å². The maximum absolute atomic E-state index is 12.0. The van der Waals surface area contributed by atoms with Crippen molar-refractivity contribution < 1.29 is 9.53 Å².